The molecule has 0 aromatic rings. The molecule has 2 heteroatoms. The number of hydrogen-bond donors (Lipinski definition) is 0. The number of allylic oxidation sites excluding steroid dienone is 1. The highest BCUT2D eigenvalue weighted by atomic mass is 16.5. The van der Waals surface area contributed by atoms with Gasteiger partial charge in [0.25, 0.3) is 0 Å². The van der Waals surface area contributed by atoms with Crippen LogP contribution in [0.2, 0.25) is 0 Å². The van der Waals surface area contributed by atoms with Crippen molar-refractivity contribution in [1.82, 2.24) is 0 Å². The molecule has 2 nitrogen and oxygen atoms in total. The lowest BCUT2D eigenvalue weighted by Crippen LogP contribution is -1.95. The zero-order valence-corrected chi connectivity index (χ0v) is 6.81. The van der Waals surface area contributed by atoms with E-state index >= 15 is 0 Å². The van der Waals surface area contributed by atoms with E-state index in [1.807, 2.05) is 6.92 Å². The second-order valence-electron chi connectivity index (χ2n) is 2.26. The van der Waals surface area contributed by atoms with Crippen LogP contribution in [0.15, 0.2) is 11.6 Å². The first-order valence-corrected chi connectivity index (χ1v) is 3.45. The van der Waals surface area contributed by atoms with E-state index < -0.39 is 0 Å². The molecule has 0 saturated carbocycles. The number of methoxy groups -OCH3 is 1. The molecule has 0 bridgehead atoms. The zero-order valence-electron chi connectivity index (χ0n) is 6.81. The molecule has 0 spiro atoms. The third kappa shape index (κ3) is 4.13. The molecule has 0 aliphatic carbocycles. The third-order valence-corrected chi connectivity index (χ3v) is 1.21. The van der Waals surface area contributed by atoms with Crippen molar-refractivity contribution in [3.05, 3.63) is 11.6 Å². The summed E-state index contributed by atoms with van der Waals surface area (Å²) in [6.45, 7) is 4.01. The Hall–Kier alpha value is -0.790. The number of ether oxygens (including phenoxy) is 1. The van der Waals surface area contributed by atoms with E-state index in [0.29, 0.717) is 0 Å². The summed E-state index contributed by atoms with van der Waals surface area (Å²) in [6, 6.07) is 0. The molecule has 0 fully saturated rings. The van der Waals surface area contributed by atoms with Crippen molar-refractivity contribution in [2.45, 2.75) is 26.7 Å². The van der Waals surface area contributed by atoms with Crippen LogP contribution in [-0.4, -0.2) is 13.1 Å². The molecule has 0 heterocycles. The summed E-state index contributed by atoms with van der Waals surface area (Å²) in [5, 5.41) is 0. The van der Waals surface area contributed by atoms with E-state index in [4.69, 9.17) is 0 Å². The predicted molar refractivity (Wildman–Crippen MR) is 40.7 cm³/mol. The maximum Gasteiger partial charge on any atom is 0.330 e. The maximum absolute atomic E-state index is 10.6. The van der Waals surface area contributed by atoms with Crippen LogP contribution in [0.25, 0.3) is 0 Å². The minimum Gasteiger partial charge on any atom is -0.466 e. The second kappa shape index (κ2) is 5.03. The monoisotopic (exact) mass is 142 g/mol. The fraction of sp³-hybridized carbons (Fsp3) is 0.625. The molecular formula is C8H14O2. The first-order chi connectivity index (χ1) is 4.70. The van der Waals surface area contributed by atoms with Crippen LogP contribution < -0.4 is 0 Å². The standard InChI is InChI=1S/C8H14O2/c1-4-5-7(2)6-8(9)10-3/h6H,4-5H2,1-3H3. The lowest BCUT2D eigenvalue weighted by Gasteiger charge is -1.95. The Kier molecular flexibility index (Phi) is 4.63. The maximum atomic E-state index is 10.6. The van der Waals surface area contributed by atoms with Crippen molar-refractivity contribution in [3.63, 3.8) is 0 Å². The Balaban J connectivity index is 3.77. The van der Waals surface area contributed by atoms with E-state index in [0.717, 1.165) is 18.4 Å². The lowest BCUT2D eigenvalue weighted by atomic mass is 10.2. The van der Waals surface area contributed by atoms with Gasteiger partial charge in [-0.3, -0.25) is 0 Å². The minimum atomic E-state index is -0.258. The summed E-state index contributed by atoms with van der Waals surface area (Å²) in [5.74, 6) is -0.258. The molecule has 0 saturated heterocycles. The van der Waals surface area contributed by atoms with Crippen LogP contribution in [0.1, 0.15) is 26.7 Å². The van der Waals surface area contributed by atoms with E-state index in [9.17, 15) is 4.79 Å². The first-order valence-electron chi connectivity index (χ1n) is 3.45. The summed E-state index contributed by atoms with van der Waals surface area (Å²) in [7, 11) is 1.39. The number of carbonyl (C=O) groups is 1. The van der Waals surface area contributed by atoms with Crippen molar-refractivity contribution >= 4 is 5.97 Å². The molecule has 0 aromatic carbocycles. The minimum absolute atomic E-state index is 0.258. The average molecular weight is 142 g/mol. The highest BCUT2D eigenvalue weighted by Gasteiger charge is 1.93. The summed E-state index contributed by atoms with van der Waals surface area (Å²) >= 11 is 0. The third-order valence-electron chi connectivity index (χ3n) is 1.21. The van der Waals surface area contributed by atoms with Gasteiger partial charge in [0.1, 0.15) is 0 Å². The van der Waals surface area contributed by atoms with Crippen molar-refractivity contribution in [2.75, 3.05) is 7.11 Å². The van der Waals surface area contributed by atoms with Gasteiger partial charge in [-0.25, -0.2) is 4.79 Å². The van der Waals surface area contributed by atoms with Gasteiger partial charge in [0, 0.05) is 6.08 Å². The Morgan fingerprint density at radius 1 is 1.60 bits per heavy atom. The average Bonchev–Trinajstić information content (AvgIpc) is 1.88. The quantitative estimate of drug-likeness (QED) is 0.444. The topological polar surface area (TPSA) is 26.3 Å². The number of rotatable bonds is 3. The molecule has 0 N–H and O–H groups in total. The van der Waals surface area contributed by atoms with E-state index in [-0.39, 0.29) is 5.97 Å². The molecule has 0 radical (unpaired) electrons. The van der Waals surface area contributed by atoms with Crippen molar-refractivity contribution < 1.29 is 9.53 Å². The summed E-state index contributed by atoms with van der Waals surface area (Å²) in [5.41, 5.74) is 1.08. The Bertz CT molecular complexity index is 136. The lowest BCUT2D eigenvalue weighted by molar-refractivity contribution is -0.134. The summed E-state index contributed by atoms with van der Waals surface area (Å²) < 4.78 is 4.45. The molecular weight excluding hydrogens is 128 g/mol. The molecule has 0 amide bonds. The summed E-state index contributed by atoms with van der Waals surface area (Å²) in [4.78, 5) is 10.6. The Morgan fingerprint density at radius 2 is 2.20 bits per heavy atom. The normalized spacial score (nSPS) is 11.3. The molecule has 0 aliphatic rings. The predicted octanol–water partition coefficient (Wildman–Crippen LogP) is 1.91. The number of hydrogen-bond acceptors (Lipinski definition) is 2. The van der Waals surface area contributed by atoms with Crippen LogP contribution in [0, 0.1) is 0 Å². The SMILES string of the molecule is CCCC(C)=CC(=O)OC. The summed E-state index contributed by atoms with van der Waals surface area (Å²) in [6.07, 6.45) is 3.57. The molecule has 0 unspecified atom stereocenters. The van der Waals surface area contributed by atoms with Gasteiger partial charge in [0.05, 0.1) is 7.11 Å². The molecule has 0 rings (SSSR count). The fourth-order valence-electron chi connectivity index (χ4n) is 0.727. The van der Waals surface area contributed by atoms with E-state index in [2.05, 4.69) is 11.7 Å². The Labute approximate surface area is 61.9 Å². The van der Waals surface area contributed by atoms with Crippen LogP contribution in [0.5, 0.6) is 0 Å². The van der Waals surface area contributed by atoms with Gasteiger partial charge in [-0.2, -0.15) is 0 Å². The smallest absolute Gasteiger partial charge is 0.330 e. The van der Waals surface area contributed by atoms with Gasteiger partial charge in [0.15, 0.2) is 0 Å². The first kappa shape index (κ1) is 9.21. The molecule has 0 atom stereocenters. The molecule has 58 valence electrons. The second-order valence-corrected chi connectivity index (χ2v) is 2.26. The van der Waals surface area contributed by atoms with E-state index in [1.165, 1.54) is 13.2 Å². The van der Waals surface area contributed by atoms with Crippen molar-refractivity contribution in [1.29, 1.82) is 0 Å². The van der Waals surface area contributed by atoms with Crippen LogP contribution in [-0.2, 0) is 9.53 Å². The van der Waals surface area contributed by atoms with Gasteiger partial charge >= 0.3 is 5.97 Å². The highest BCUT2D eigenvalue weighted by molar-refractivity contribution is 5.82. The van der Waals surface area contributed by atoms with Gasteiger partial charge in [-0.1, -0.05) is 18.9 Å². The highest BCUT2D eigenvalue weighted by Crippen LogP contribution is 2.02. The Morgan fingerprint density at radius 3 is 2.60 bits per heavy atom. The van der Waals surface area contributed by atoms with Gasteiger partial charge < -0.3 is 4.74 Å². The van der Waals surface area contributed by atoms with Gasteiger partial charge in [-0.15, -0.1) is 0 Å². The fourth-order valence-corrected chi connectivity index (χ4v) is 0.727. The number of esters is 1. The largest absolute Gasteiger partial charge is 0.466 e. The number of carbonyl (C=O) groups excluding carboxylic acids is 1. The molecule has 0 aromatic heterocycles. The van der Waals surface area contributed by atoms with Crippen LogP contribution in [0.4, 0.5) is 0 Å². The van der Waals surface area contributed by atoms with Gasteiger partial charge in [0.2, 0.25) is 0 Å². The zero-order chi connectivity index (χ0) is 7.98. The molecule has 0 aliphatic heterocycles. The van der Waals surface area contributed by atoms with Crippen LogP contribution in [0.3, 0.4) is 0 Å². The van der Waals surface area contributed by atoms with Crippen molar-refractivity contribution in [2.24, 2.45) is 0 Å². The molecule has 10 heavy (non-hydrogen) atoms. The van der Waals surface area contributed by atoms with Gasteiger partial charge in [-0.05, 0) is 13.3 Å². The van der Waals surface area contributed by atoms with Crippen molar-refractivity contribution in [3.8, 4) is 0 Å². The van der Waals surface area contributed by atoms with E-state index in [1.54, 1.807) is 0 Å². The van der Waals surface area contributed by atoms with Crippen LogP contribution >= 0.6 is 0 Å².